The molecular formula is C11H12N2. The van der Waals surface area contributed by atoms with Crippen molar-refractivity contribution in [3.05, 3.63) is 41.9 Å². The van der Waals surface area contributed by atoms with Gasteiger partial charge in [-0.3, -0.25) is 4.99 Å². The molecule has 2 heteroatoms. The SMILES string of the molecule is C/C(=C1/C=CC=N1)c1cccn1C. The molecule has 0 N–H and O–H groups in total. The first-order valence-corrected chi connectivity index (χ1v) is 4.32. The normalized spacial score (nSPS) is 18.3. The topological polar surface area (TPSA) is 17.3 Å². The lowest BCUT2D eigenvalue weighted by molar-refractivity contribution is 0.906. The molecule has 66 valence electrons. The van der Waals surface area contributed by atoms with Crippen molar-refractivity contribution in [2.45, 2.75) is 6.92 Å². The second-order valence-electron chi connectivity index (χ2n) is 3.15. The molecule has 0 saturated heterocycles. The van der Waals surface area contributed by atoms with Crippen LogP contribution in [0, 0.1) is 0 Å². The van der Waals surface area contributed by atoms with E-state index in [2.05, 4.69) is 22.5 Å². The molecule has 0 amide bonds. The Bertz CT molecular complexity index is 391. The Labute approximate surface area is 77.9 Å². The molecule has 0 atom stereocenters. The van der Waals surface area contributed by atoms with E-state index in [1.54, 1.807) is 0 Å². The van der Waals surface area contributed by atoms with Crippen molar-refractivity contribution >= 4 is 11.8 Å². The average molecular weight is 172 g/mol. The number of aryl methyl sites for hydroxylation is 1. The molecule has 1 aliphatic heterocycles. The average Bonchev–Trinajstić information content (AvgIpc) is 2.72. The summed E-state index contributed by atoms with van der Waals surface area (Å²) in [5.74, 6) is 0. The summed E-state index contributed by atoms with van der Waals surface area (Å²) in [6.07, 6.45) is 7.85. The van der Waals surface area contributed by atoms with E-state index in [0.717, 1.165) is 5.70 Å². The van der Waals surface area contributed by atoms with Crippen LogP contribution in [-0.4, -0.2) is 10.8 Å². The molecule has 2 rings (SSSR count). The fourth-order valence-corrected chi connectivity index (χ4v) is 1.50. The smallest absolute Gasteiger partial charge is 0.0680 e. The highest BCUT2D eigenvalue weighted by molar-refractivity contribution is 5.82. The molecule has 0 saturated carbocycles. The summed E-state index contributed by atoms with van der Waals surface area (Å²) in [5, 5.41) is 0. The molecule has 13 heavy (non-hydrogen) atoms. The van der Waals surface area contributed by atoms with Crippen molar-refractivity contribution in [2.24, 2.45) is 12.0 Å². The maximum atomic E-state index is 4.26. The molecule has 1 aromatic rings. The lowest BCUT2D eigenvalue weighted by Crippen LogP contribution is -1.92. The molecule has 2 nitrogen and oxygen atoms in total. The van der Waals surface area contributed by atoms with Crippen LogP contribution >= 0.6 is 0 Å². The number of hydrogen-bond donors (Lipinski definition) is 0. The maximum Gasteiger partial charge on any atom is 0.0680 e. The predicted octanol–water partition coefficient (Wildman–Crippen LogP) is 2.40. The minimum absolute atomic E-state index is 1.06. The number of allylic oxidation sites excluding steroid dienone is 3. The monoisotopic (exact) mass is 172 g/mol. The highest BCUT2D eigenvalue weighted by Gasteiger charge is 2.05. The zero-order valence-corrected chi connectivity index (χ0v) is 7.86. The van der Waals surface area contributed by atoms with Gasteiger partial charge < -0.3 is 4.57 Å². The summed E-state index contributed by atoms with van der Waals surface area (Å²) in [6, 6.07) is 4.14. The third kappa shape index (κ3) is 1.35. The van der Waals surface area contributed by atoms with Gasteiger partial charge in [-0.1, -0.05) is 0 Å². The zero-order chi connectivity index (χ0) is 9.26. The third-order valence-electron chi connectivity index (χ3n) is 2.27. The van der Waals surface area contributed by atoms with E-state index in [0.29, 0.717) is 0 Å². The van der Waals surface area contributed by atoms with Gasteiger partial charge in [0.2, 0.25) is 0 Å². The van der Waals surface area contributed by atoms with Gasteiger partial charge in [0.05, 0.1) is 5.70 Å². The largest absolute Gasteiger partial charge is 0.351 e. The molecular weight excluding hydrogens is 160 g/mol. The minimum atomic E-state index is 1.06. The lowest BCUT2D eigenvalue weighted by atomic mass is 10.1. The second-order valence-corrected chi connectivity index (χ2v) is 3.15. The Hall–Kier alpha value is -1.57. The third-order valence-corrected chi connectivity index (χ3v) is 2.27. The lowest BCUT2D eigenvalue weighted by Gasteiger charge is -2.04. The van der Waals surface area contributed by atoms with Crippen LogP contribution in [0.2, 0.25) is 0 Å². The molecule has 0 bridgehead atoms. The molecule has 0 fully saturated rings. The quantitative estimate of drug-likeness (QED) is 0.619. The summed E-state index contributed by atoms with van der Waals surface area (Å²) in [5.41, 5.74) is 3.50. The van der Waals surface area contributed by atoms with Crippen LogP contribution in [0.4, 0.5) is 0 Å². The van der Waals surface area contributed by atoms with E-state index in [4.69, 9.17) is 0 Å². The van der Waals surface area contributed by atoms with Crippen molar-refractivity contribution in [1.29, 1.82) is 0 Å². The Morgan fingerprint density at radius 2 is 2.31 bits per heavy atom. The first-order chi connectivity index (χ1) is 6.29. The molecule has 0 unspecified atom stereocenters. The van der Waals surface area contributed by atoms with E-state index in [1.165, 1.54) is 11.3 Å². The first-order valence-electron chi connectivity index (χ1n) is 4.32. The van der Waals surface area contributed by atoms with Gasteiger partial charge in [0, 0.05) is 25.2 Å². The Balaban J connectivity index is 2.48. The van der Waals surface area contributed by atoms with Gasteiger partial charge in [-0.2, -0.15) is 0 Å². The van der Waals surface area contributed by atoms with Gasteiger partial charge >= 0.3 is 0 Å². The van der Waals surface area contributed by atoms with Gasteiger partial charge in [0.15, 0.2) is 0 Å². The van der Waals surface area contributed by atoms with Crippen LogP contribution in [-0.2, 0) is 7.05 Å². The zero-order valence-electron chi connectivity index (χ0n) is 7.86. The number of aromatic nitrogens is 1. The minimum Gasteiger partial charge on any atom is -0.351 e. The fourth-order valence-electron chi connectivity index (χ4n) is 1.50. The van der Waals surface area contributed by atoms with Crippen molar-refractivity contribution in [3.63, 3.8) is 0 Å². The summed E-state index contributed by atoms with van der Waals surface area (Å²) in [4.78, 5) is 4.26. The highest BCUT2D eigenvalue weighted by atomic mass is 14.9. The summed E-state index contributed by atoms with van der Waals surface area (Å²) in [7, 11) is 2.04. The molecule has 1 aromatic heterocycles. The van der Waals surface area contributed by atoms with E-state index in [1.807, 2.05) is 37.7 Å². The molecule has 0 spiro atoms. The number of hydrogen-bond acceptors (Lipinski definition) is 1. The first kappa shape index (κ1) is 8.05. The van der Waals surface area contributed by atoms with E-state index < -0.39 is 0 Å². The van der Waals surface area contributed by atoms with Gasteiger partial charge in [-0.15, -0.1) is 0 Å². The van der Waals surface area contributed by atoms with Gasteiger partial charge in [-0.05, 0) is 36.8 Å². The Kier molecular flexibility index (Phi) is 1.89. The summed E-state index contributed by atoms with van der Waals surface area (Å²) < 4.78 is 2.10. The number of aliphatic imine (C=N–C) groups is 1. The molecule has 0 radical (unpaired) electrons. The number of rotatable bonds is 1. The van der Waals surface area contributed by atoms with Crippen LogP contribution < -0.4 is 0 Å². The van der Waals surface area contributed by atoms with Gasteiger partial charge in [0.1, 0.15) is 0 Å². The van der Waals surface area contributed by atoms with Crippen LogP contribution in [0.15, 0.2) is 41.2 Å². The molecule has 0 aliphatic carbocycles. The van der Waals surface area contributed by atoms with Crippen molar-refractivity contribution in [2.75, 3.05) is 0 Å². The van der Waals surface area contributed by atoms with Crippen molar-refractivity contribution in [3.8, 4) is 0 Å². The summed E-state index contributed by atoms with van der Waals surface area (Å²) in [6.45, 7) is 2.09. The second kappa shape index (κ2) is 3.05. The molecule has 2 heterocycles. The Morgan fingerprint density at radius 3 is 2.85 bits per heavy atom. The van der Waals surface area contributed by atoms with E-state index in [-0.39, 0.29) is 0 Å². The molecule has 0 aromatic carbocycles. The van der Waals surface area contributed by atoms with E-state index >= 15 is 0 Å². The predicted molar refractivity (Wildman–Crippen MR) is 55.6 cm³/mol. The van der Waals surface area contributed by atoms with Crippen LogP contribution in [0.3, 0.4) is 0 Å². The van der Waals surface area contributed by atoms with Crippen LogP contribution in [0.25, 0.3) is 5.57 Å². The van der Waals surface area contributed by atoms with Gasteiger partial charge in [-0.25, -0.2) is 0 Å². The van der Waals surface area contributed by atoms with Crippen LogP contribution in [0.5, 0.6) is 0 Å². The molecule has 1 aliphatic rings. The van der Waals surface area contributed by atoms with Crippen LogP contribution in [0.1, 0.15) is 12.6 Å². The van der Waals surface area contributed by atoms with Crippen molar-refractivity contribution in [1.82, 2.24) is 4.57 Å². The maximum absolute atomic E-state index is 4.26. The Morgan fingerprint density at radius 1 is 1.46 bits per heavy atom. The van der Waals surface area contributed by atoms with Gasteiger partial charge in [0.25, 0.3) is 0 Å². The van der Waals surface area contributed by atoms with Crippen molar-refractivity contribution < 1.29 is 0 Å². The standard InChI is InChI=1S/C11H12N2/c1-9(10-5-3-7-12-10)11-6-4-8-13(11)2/h3-8H,1-2H3/b10-9+. The summed E-state index contributed by atoms with van der Waals surface area (Å²) >= 11 is 0. The highest BCUT2D eigenvalue weighted by Crippen LogP contribution is 2.21. The fraction of sp³-hybridized carbons (Fsp3) is 0.182. The number of nitrogens with zero attached hydrogens (tertiary/aromatic N) is 2. The van der Waals surface area contributed by atoms with E-state index in [9.17, 15) is 0 Å².